The van der Waals surface area contributed by atoms with E-state index in [1.807, 2.05) is 0 Å². The van der Waals surface area contributed by atoms with E-state index >= 15 is 0 Å². The predicted octanol–water partition coefficient (Wildman–Crippen LogP) is 2.50. The number of hydrogen-bond donors (Lipinski definition) is 1. The summed E-state index contributed by atoms with van der Waals surface area (Å²) in [7, 11) is 0. The molecule has 2 fully saturated rings. The molecule has 3 nitrogen and oxygen atoms in total. The van der Waals surface area contributed by atoms with Crippen molar-refractivity contribution >= 4 is 0 Å². The molecule has 3 rings (SSSR count). The molecule has 1 aromatic rings. The fourth-order valence-corrected chi connectivity index (χ4v) is 3.66. The van der Waals surface area contributed by atoms with E-state index in [9.17, 15) is 5.11 Å². The maximum absolute atomic E-state index is 10.8. The topological polar surface area (TPSA) is 26.7 Å². The third-order valence-electron chi connectivity index (χ3n) is 5.00. The zero-order valence-corrected chi connectivity index (χ0v) is 13.0. The van der Waals surface area contributed by atoms with Gasteiger partial charge in [0.05, 0.1) is 5.60 Å². The fourth-order valence-electron chi connectivity index (χ4n) is 3.66. The Labute approximate surface area is 128 Å². The largest absolute Gasteiger partial charge is 0.388 e. The van der Waals surface area contributed by atoms with Crippen LogP contribution in [0.5, 0.6) is 0 Å². The molecule has 0 spiro atoms. The molecule has 0 unspecified atom stereocenters. The van der Waals surface area contributed by atoms with E-state index in [-0.39, 0.29) is 0 Å². The van der Waals surface area contributed by atoms with Crippen molar-refractivity contribution in [2.24, 2.45) is 0 Å². The number of rotatable bonds is 4. The summed E-state index contributed by atoms with van der Waals surface area (Å²) in [4.78, 5) is 4.94. The smallest absolute Gasteiger partial charge is 0.0798 e. The summed E-state index contributed by atoms with van der Waals surface area (Å²) in [5.74, 6) is 0. The quantitative estimate of drug-likeness (QED) is 0.922. The molecule has 116 valence electrons. The molecule has 1 N–H and O–H groups in total. The van der Waals surface area contributed by atoms with Crippen LogP contribution in [-0.2, 0) is 6.54 Å². The van der Waals surface area contributed by atoms with E-state index in [0.29, 0.717) is 0 Å². The summed E-state index contributed by atoms with van der Waals surface area (Å²) in [5.41, 5.74) is 0.920. The molecule has 3 heteroatoms. The molecule has 0 aromatic heterocycles. The Balaban J connectivity index is 1.47. The van der Waals surface area contributed by atoms with Crippen molar-refractivity contribution in [2.75, 3.05) is 32.7 Å². The summed E-state index contributed by atoms with van der Waals surface area (Å²) in [5, 5.41) is 10.8. The van der Waals surface area contributed by atoms with Gasteiger partial charge < -0.3 is 10.0 Å². The number of hydrogen-bond acceptors (Lipinski definition) is 3. The highest BCUT2D eigenvalue weighted by Crippen LogP contribution is 2.25. The van der Waals surface area contributed by atoms with Gasteiger partial charge in [0.15, 0.2) is 0 Å². The summed E-state index contributed by atoms with van der Waals surface area (Å²) >= 11 is 0. The van der Waals surface area contributed by atoms with Crippen molar-refractivity contribution < 1.29 is 5.11 Å². The maximum atomic E-state index is 10.8. The minimum absolute atomic E-state index is 0.454. The average Bonchev–Trinajstić information content (AvgIpc) is 2.52. The molecule has 21 heavy (non-hydrogen) atoms. The van der Waals surface area contributed by atoms with Gasteiger partial charge in [0, 0.05) is 26.2 Å². The third-order valence-corrected chi connectivity index (χ3v) is 5.00. The van der Waals surface area contributed by atoms with Crippen LogP contribution in [0.3, 0.4) is 0 Å². The summed E-state index contributed by atoms with van der Waals surface area (Å²) in [6.07, 6.45) is 5.79. The summed E-state index contributed by atoms with van der Waals surface area (Å²) in [6.45, 7) is 6.28. The third kappa shape index (κ3) is 4.29. The van der Waals surface area contributed by atoms with Crippen LogP contribution in [0.15, 0.2) is 30.3 Å². The van der Waals surface area contributed by atoms with Crippen molar-refractivity contribution in [2.45, 2.75) is 44.2 Å². The van der Waals surface area contributed by atoms with Crippen molar-refractivity contribution in [3.05, 3.63) is 35.9 Å². The van der Waals surface area contributed by atoms with Gasteiger partial charge in [-0.3, -0.25) is 4.90 Å². The van der Waals surface area contributed by atoms with Gasteiger partial charge in [0.25, 0.3) is 0 Å². The van der Waals surface area contributed by atoms with E-state index in [1.165, 1.54) is 37.9 Å². The molecule has 0 bridgehead atoms. The Morgan fingerprint density at radius 3 is 2.19 bits per heavy atom. The van der Waals surface area contributed by atoms with Crippen LogP contribution in [0.2, 0.25) is 0 Å². The fraction of sp³-hybridized carbons (Fsp3) is 0.667. The SMILES string of the molecule is OC1(CN2CCCCC2)CCN(Cc2ccccc2)CC1. The number of piperidine rings is 2. The second kappa shape index (κ2) is 6.91. The maximum Gasteiger partial charge on any atom is 0.0798 e. The number of benzene rings is 1. The van der Waals surface area contributed by atoms with Gasteiger partial charge in [-0.05, 0) is 44.3 Å². The van der Waals surface area contributed by atoms with Crippen molar-refractivity contribution in [1.29, 1.82) is 0 Å². The molecule has 0 radical (unpaired) electrons. The molecule has 2 aliphatic rings. The number of likely N-dealkylation sites (tertiary alicyclic amines) is 2. The van der Waals surface area contributed by atoms with E-state index in [4.69, 9.17) is 0 Å². The highest BCUT2D eigenvalue weighted by atomic mass is 16.3. The Morgan fingerprint density at radius 1 is 0.857 bits per heavy atom. The molecule has 0 aliphatic carbocycles. The molecule has 0 saturated carbocycles. The van der Waals surface area contributed by atoms with Crippen LogP contribution in [0, 0.1) is 0 Å². The molecule has 2 saturated heterocycles. The van der Waals surface area contributed by atoms with Gasteiger partial charge in [0.1, 0.15) is 0 Å². The first-order valence-electron chi connectivity index (χ1n) is 8.45. The van der Waals surface area contributed by atoms with Gasteiger partial charge in [-0.25, -0.2) is 0 Å². The molecule has 0 amide bonds. The Morgan fingerprint density at radius 2 is 1.52 bits per heavy atom. The van der Waals surface area contributed by atoms with E-state index in [2.05, 4.69) is 40.1 Å². The first kappa shape index (κ1) is 15.0. The predicted molar refractivity (Wildman–Crippen MR) is 86.2 cm³/mol. The molecule has 1 aromatic carbocycles. The average molecular weight is 288 g/mol. The standard InChI is InChI=1S/C18H28N2O/c21-18(16-20-11-5-2-6-12-20)9-13-19(14-10-18)15-17-7-3-1-4-8-17/h1,3-4,7-8,21H,2,5-6,9-16H2. The lowest BCUT2D eigenvalue weighted by molar-refractivity contribution is -0.0495. The van der Waals surface area contributed by atoms with Gasteiger partial charge in [-0.2, -0.15) is 0 Å². The zero-order valence-electron chi connectivity index (χ0n) is 13.0. The molecule has 2 aliphatic heterocycles. The number of aliphatic hydroxyl groups is 1. The van der Waals surface area contributed by atoms with Crippen LogP contribution >= 0.6 is 0 Å². The van der Waals surface area contributed by atoms with Gasteiger partial charge >= 0.3 is 0 Å². The Bertz CT molecular complexity index is 420. The lowest BCUT2D eigenvalue weighted by Crippen LogP contribution is -2.51. The monoisotopic (exact) mass is 288 g/mol. The summed E-state index contributed by atoms with van der Waals surface area (Å²) < 4.78 is 0. The van der Waals surface area contributed by atoms with Crippen LogP contribution < -0.4 is 0 Å². The lowest BCUT2D eigenvalue weighted by atomic mass is 9.90. The Kier molecular flexibility index (Phi) is 4.94. The number of β-amino-alcohol motifs (C(OH)–C–C–N with tert-alkyl or cyclic N) is 1. The molecular weight excluding hydrogens is 260 g/mol. The highest BCUT2D eigenvalue weighted by Gasteiger charge is 2.34. The second-order valence-corrected chi connectivity index (χ2v) is 6.82. The zero-order chi connectivity index (χ0) is 14.5. The minimum atomic E-state index is -0.454. The van der Waals surface area contributed by atoms with Crippen molar-refractivity contribution in [1.82, 2.24) is 9.80 Å². The minimum Gasteiger partial charge on any atom is -0.388 e. The first-order valence-corrected chi connectivity index (χ1v) is 8.45. The Hall–Kier alpha value is -0.900. The van der Waals surface area contributed by atoms with Crippen LogP contribution in [-0.4, -0.2) is 53.2 Å². The van der Waals surface area contributed by atoms with E-state index in [1.54, 1.807) is 0 Å². The molecule has 2 heterocycles. The number of nitrogens with zero attached hydrogens (tertiary/aromatic N) is 2. The van der Waals surface area contributed by atoms with Crippen LogP contribution in [0.25, 0.3) is 0 Å². The van der Waals surface area contributed by atoms with Crippen molar-refractivity contribution in [3.63, 3.8) is 0 Å². The summed E-state index contributed by atoms with van der Waals surface area (Å²) in [6, 6.07) is 10.7. The van der Waals surface area contributed by atoms with E-state index in [0.717, 1.165) is 39.0 Å². The highest BCUT2D eigenvalue weighted by molar-refractivity contribution is 5.14. The van der Waals surface area contributed by atoms with Crippen LogP contribution in [0.1, 0.15) is 37.7 Å². The van der Waals surface area contributed by atoms with E-state index < -0.39 is 5.60 Å². The van der Waals surface area contributed by atoms with Gasteiger partial charge in [0.2, 0.25) is 0 Å². The first-order chi connectivity index (χ1) is 10.2. The van der Waals surface area contributed by atoms with Crippen molar-refractivity contribution in [3.8, 4) is 0 Å². The molecular formula is C18H28N2O. The van der Waals surface area contributed by atoms with Gasteiger partial charge in [-0.1, -0.05) is 36.8 Å². The van der Waals surface area contributed by atoms with Crippen LogP contribution in [0.4, 0.5) is 0 Å². The second-order valence-electron chi connectivity index (χ2n) is 6.82. The van der Waals surface area contributed by atoms with Gasteiger partial charge in [-0.15, -0.1) is 0 Å². The normalized spacial score (nSPS) is 24.0. The lowest BCUT2D eigenvalue weighted by Gasteiger charge is -2.42. The molecule has 0 atom stereocenters.